The highest BCUT2D eigenvalue weighted by Gasteiger charge is 2.31. The average molecular weight is 471 g/mol. The fraction of sp³-hybridized carbons (Fsp3) is 0.300. The first-order valence-electron chi connectivity index (χ1n) is 9.57. The Bertz CT molecular complexity index is 1230. The second-order valence-corrected chi connectivity index (χ2v) is 9.32. The van der Waals surface area contributed by atoms with E-state index in [0.29, 0.717) is 22.5 Å². The van der Waals surface area contributed by atoms with Crippen LogP contribution in [0.1, 0.15) is 30.7 Å². The number of nitrogens with one attached hydrogen (secondary N) is 1. The summed E-state index contributed by atoms with van der Waals surface area (Å²) in [5.41, 5.74) is -0.396. The van der Waals surface area contributed by atoms with E-state index in [1.54, 1.807) is 0 Å². The maximum atomic E-state index is 13.0. The smallest absolute Gasteiger partial charge is 0.311 e. The standard InChI is InChI=1S/C20H18ClF3N4O2S/c21-17-9-8-14(12-16(17)19-26-25-18-7-2-1-3-10-28(18)19)27-31(29,30)15-6-4-5-13(11-15)20(22,23)24/h4-6,8-9,11-12,27H,1-3,7,10H2. The molecule has 0 radical (unpaired) electrons. The lowest BCUT2D eigenvalue weighted by Gasteiger charge is -2.13. The van der Waals surface area contributed by atoms with Crippen molar-refractivity contribution in [2.75, 3.05) is 4.72 Å². The minimum Gasteiger partial charge on any atom is -0.311 e. The van der Waals surface area contributed by atoms with Crippen LogP contribution < -0.4 is 4.72 Å². The normalized spacial score (nSPS) is 14.7. The van der Waals surface area contributed by atoms with E-state index < -0.39 is 26.7 Å². The van der Waals surface area contributed by atoms with Crippen molar-refractivity contribution in [3.05, 3.63) is 58.9 Å². The topological polar surface area (TPSA) is 76.9 Å². The van der Waals surface area contributed by atoms with E-state index in [2.05, 4.69) is 14.9 Å². The molecule has 1 aliphatic rings. The molecule has 11 heteroatoms. The van der Waals surface area contributed by atoms with Crippen LogP contribution in [-0.2, 0) is 29.2 Å². The van der Waals surface area contributed by atoms with Crippen molar-refractivity contribution >= 4 is 27.3 Å². The Morgan fingerprint density at radius 3 is 2.61 bits per heavy atom. The highest BCUT2D eigenvalue weighted by Crippen LogP contribution is 2.33. The van der Waals surface area contributed by atoms with Crippen molar-refractivity contribution in [1.82, 2.24) is 14.8 Å². The fourth-order valence-corrected chi connectivity index (χ4v) is 4.80. The molecule has 0 saturated carbocycles. The molecule has 1 N–H and O–H groups in total. The largest absolute Gasteiger partial charge is 0.416 e. The maximum absolute atomic E-state index is 13.0. The summed E-state index contributed by atoms with van der Waals surface area (Å²) in [5, 5.41) is 8.82. The Hall–Kier alpha value is -2.59. The number of hydrogen-bond acceptors (Lipinski definition) is 4. The van der Waals surface area contributed by atoms with Crippen LogP contribution in [-0.4, -0.2) is 23.2 Å². The number of halogens is 4. The molecule has 0 atom stereocenters. The minimum atomic E-state index is -4.65. The molecule has 0 saturated heterocycles. The molecule has 3 aromatic rings. The number of sulfonamides is 1. The highest BCUT2D eigenvalue weighted by atomic mass is 35.5. The van der Waals surface area contributed by atoms with Gasteiger partial charge in [0.2, 0.25) is 0 Å². The molecular weight excluding hydrogens is 453 g/mol. The molecule has 164 valence electrons. The van der Waals surface area contributed by atoms with E-state index in [1.807, 2.05) is 4.57 Å². The van der Waals surface area contributed by atoms with Gasteiger partial charge >= 0.3 is 6.18 Å². The predicted molar refractivity (Wildman–Crippen MR) is 110 cm³/mol. The van der Waals surface area contributed by atoms with Crippen molar-refractivity contribution in [3.8, 4) is 11.4 Å². The van der Waals surface area contributed by atoms with Crippen molar-refractivity contribution in [2.24, 2.45) is 0 Å². The van der Waals surface area contributed by atoms with Gasteiger partial charge in [0, 0.05) is 24.2 Å². The molecule has 0 bridgehead atoms. The zero-order valence-electron chi connectivity index (χ0n) is 16.2. The van der Waals surface area contributed by atoms with Gasteiger partial charge in [-0.1, -0.05) is 24.1 Å². The number of nitrogens with zero attached hydrogens (tertiary/aromatic N) is 3. The third kappa shape index (κ3) is 4.54. The molecule has 0 fully saturated rings. The van der Waals surface area contributed by atoms with Crippen LogP contribution in [0.2, 0.25) is 5.02 Å². The van der Waals surface area contributed by atoms with Gasteiger partial charge in [0.15, 0.2) is 5.82 Å². The molecule has 0 spiro atoms. The van der Waals surface area contributed by atoms with Crippen LogP contribution in [0.4, 0.5) is 18.9 Å². The second-order valence-electron chi connectivity index (χ2n) is 7.23. The summed E-state index contributed by atoms with van der Waals surface area (Å²) in [6, 6.07) is 8.03. The molecular formula is C20H18ClF3N4O2S. The van der Waals surface area contributed by atoms with Crippen LogP contribution in [0.15, 0.2) is 47.4 Å². The zero-order valence-corrected chi connectivity index (χ0v) is 17.7. The Balaban J connectivity index is 1.68. The predicted octanol–water partition coefficient (Wildman–Crippen LogP) is 5.14. The van der Waals surface area contributed by atoms with Crippen molar-refractivity contribution in [1.29, 1.82) is 0 Å². The molecule has 4 rings (SSSR count). The van der Waals surface area contributed by atoms with Gasteiger partial charge in [-0.05, 0) is 49.2 Å². The molecule has 0 unspecified atom stereocenters. The van der Waals surface area contributed by atoms with Gasteiger partial charge in [-0.2, -0.15) is 13.2 Å². The quantitative estimate of drug-likeness (QED) is 0.572. The Morgan fingerprint density at radius 2 is 1.84 bits per heavy atom. The summed E-state index contributed by atoms with van der Waals surface area (Å²) >= 11 is 6.35. The van der Waals surface area contributed by atoms with Crippen molar-refractivity contribution in [3.63, 3.8) is 0 Å². The molecule has 31 heavy (non-hydrogen) atoms. The summed E-state index contributed by atoms with van der Waals surface area (Å²) in [6.07, 6.45) is -0.787. The Morgan fingerprint density at radius 1 is 1.03 bits per heavy atom. The average Bonchev–Trinajstić information content (AvgIpc) is 2.96. The van der Waals surface area contributed by atoms with Crippen LogP contribution in [0, 0.1) is 0 Å². The van der Waals surface area contributed by atoms with Crippen LogP contribution >= 0.6 is 11.6 Å². The number of aryl methyl sites for hydroxylation is 1. The highest BCUT2D eigenvalue weighted by molar-refractivity contribution is 7.92. The van der Waals surface area contributed by atoms with Crippen LogP contribution in [0.5, 0.6) is 0 Å². The van der Waals surface area contributed by atoms with E-state index >= 15 is 0 Å². The zero-order chi connectivity index (χ0) is 22.2. The summed E-state index contributed by atoms with van der Waals surface area (Å²) in [7, 11) is -4.25. The number of fused-ring (bicyclic) bond motifs is 1. The summed E-state index contributed by atoms with van der Waals surface area (Å²) in [6.45, 7) is 0.730. The van der Waals surface area contributed by atoms with Crippen LogP contribution in [0.25, 0.3) is 11.4 Å². The lowest BCUT2D eigenvalue weighted by atomic mass is 10.2. The van der Waals surface area contributed by atoms with Crippen LogP contribution in [0.3, 0.4) is 0 Å². The van der Waals surface area contributed by atoms with Crippen molar-refractivity contribution < 1.29 is 21.6 Å². The van der Waals surface area contributed by atoms with Gasteiger partial charge in [0.25, 0.3) is 10.0 Å². The number of hydrogen-bond donors (Lipinski definition) is 1. The van der Waals surface area contributed by atoms with Gasteiger partial charge in [-0.15, -0.1) is 10.2 Å². The monoisotopic (exact) mass is 470 g/mol. The van der Waals surface area contributed by atoms with E-state index in [4.69, 9.17) is 11.6 Å². The number of anilines is 1. The van der Waals surface area contributed by atoms with Gasteiger partial charge in [0.1, 0.15) is 5.82 Å². The molecule has 1 aromatic heterocycles. The summed E-state index contributed by atoms with van der Waals surface area (Å²) in [5.74, 6) is 1.38. The van der Waals surface area contributed by atoms with Gasteiger partial charge < -0.3 is 4.57 Å². The SMILES string of the molecule is O=S(=O)(Nc1ccc(Cl)c(-c2nnc3n2CCCCC3)c1)c1cccc(C(F)(F)F)c1. The number of aromatic nitrogens is 3. The second kappa shape index (κ2) is 8.16. The lowest BCUT2D eigenvalue weighted by molar-refractivity contribution is -0.137. The van der Waals surface area contributed by atoms with Crippen molar-refractivity contribution in [2.45, 2.75) is 43.3 Å². The molecule has 0 aliphatic carbocycles. The van der Waals surface area contributed by atoms with Gasteiger partial charge in [0.05, 0.1) is 15.5 Å². The van der Waals surface area contributed by atoms with E-state index in [1.165, 1.54) is 18.2 Å². The number of rotatable bonds is 4. The first-order chi connectivity index (χ1) is 14.6. The molecule has 1 aliphatic heterocycles. The third-order valence-corrected chi connectivity index (χ3v) is 6.75. The minimum absolute atomic E-state index is 0.155. The molecule has 2 aromatic carbocycles. The van der Waals surface area contributed by atoms with E-state index in [0.717, 1.165) is 56.3 Å². The molecule has 2 heterocycles. The third-order valence-electron chi connectivity index (χ3n) is 5.04. The van der Waals surface area contributed by atoms with Gasteiger partial charge in [-0.25, -0.2) is 8.42 Å². The fourth-order valence-electron chi connectivity index (χ4n) is 3.50. The Kier molecular flexibility index (Phi) is 5.69. The van der Waals surface area contributed by atoms with Gasteiger partial charge in [-0.3, -0.25) is 4.72 Å². The summed E-state index contributed by atoms with van der Waals surface area (Å²) < 4.78 is 68.6. The first kappa shape index (κ1) is 21.6. The molecule has 6 nitrogen and oxygen atoms in total. The Labute approximate surface area is 182 Å². The number of benzene rings is 2. The van der Waals surface area contributed by atoms with E-state index in [-0.39, 0.29) is 5.69 Å². The molecule has 0 amide bonds. The van der Waals surface area contributed by atoms with E-state index in [9.17, 15) is 21.6 Å². The first-order valence-corrected chi connectivity index (χ1v) is 11.4. The lowest BCUT2D eigenvalue weighted by Crippen LogP contribution is -2.14. The maximum Gasteiger partial charge on any atom is 0.416 e. The summed E-state index contributed by atoms with van der Waals surface area (Å²) in [4.78, 5) is -0.491. The number of alkyl halides is 3.